The molecule has 1 saturated heterocycles. The first-order valence-electron chi connectivity index (χ1n) is 12.7. The second-order valence-corrected chi connectivity index (χ2v) is 10.1. The average Bonchev–Trinajstić information content (AvgIpc) is 3.45. The van der Waals surface area contributed by atoms with Crippen LogP contribution in [-0.2, 0) is 4.74 Å². The minimum absolute atomic E-state index is 0.165. The first kappa shape index (κ1) is 27.0. The number of hydrogen-bond donors (Lipinski definition) is 1. The van der Waals surface area contributed by atoms with E-state index >= 15 is 0 Å². The molecule has 5 rings (SSSR count). The van der Waals surface area contributed by atoms with E-state index in [4.69, 9.17) is 38.0 Å². The molecule has 0 amide bonds. The van der Waals surface area contributed by atoms with E-state index < -0.39 is 0 Å². The van der Waals surface area contributed by atoms with E-state index in [9.17, 15) is 0 Å². The Hall–Kier alpha value is -3.59. The van der Waals surface area contributed by atoms with Gasteiger partial charge in [0.1, 0.15) is 18.1 Å². The number of thiocarbonyl (C=S) groups is 1. The molecule has 39 heavy (non-hydrogen) atoms. The van der Waals surface area contributed by atoms with E-state index in [0.29, 0.717) is 29.1 Å². The molecule has 2 aromatic heterocycles. The van der Waals surface area contributed by atoms with Gasteiger partial charge in [0, 0.05) is 36.1 Å². The van der Waals surface area contributed by atoms with Crippen molar-refractivity contribution in [1.29, 1.82) is 0 Å². The van der Waals surface area contributed by atoms with Gasteiger partial charge in [-0.2, -0.15) is 0 Å². The fourth-order valence-electron chi connectivity index (χ4n) is 5.16. The molecule has 0 radical (unpaired) electrons. The molecule has 1 fully saturated rings. The predicted molar refractivity (Wildman–Crippen MR) is 159 cm³/mol. The van der Waals surface area contributed by atoms with Gasteiger partial charge in [0.25, 0.3) is 0 Å². The molecule has 7 nitrogen and oxygen atoms in total. The Labute approximate surface area is 239 Å². The number of nitrogens with one attached hydrogen (secondary N) is 1. The largest absolute Gasteiger partial charge is 0.497 e. The Morgan fingerprint density at radius 2 is 1.74 bits per heavy atom. The number of ether oxygens (including phenoxy) is 3. The molecule has 1 aliphatic heterocycles. The van der Waals surface area contributed by atoms with Crippen molar-refractivity contribution in [1.82, 2.24) is 14.9 Å². The van der Waals surface area contributed by atoms with Crippen molar-refractivity contribution in [3.8, 4) is 17.2 Å². The quantitative estimate of drug-likeness (QED) is 0.188. The van der Waals surface area contributed by atoms with E-state index in [1.165, 1.54) is 0 Å². The summed E-state index contributed by atoms with van der Waals surface area (Å²) in [5, 5.41) is 4.65. The lowest BCUT2D eigenvalue weighted by Crippen LogP contribution is -2.29. The van der Waals surface area contributed by atoms with E-state index in [0.717, 1.165) is 39.8 Å². The van der Waals surface area contributed by atoms with Gasteiger partial charge >= 0.3 is 0 Å². The number of anilines is 1. The topological polar surface area (TPSA) is 60.8 Å². The zero-order valence-electron chi connectivity index (χ0n) is 22.3. The van der Waals surface area contributed by atoms with Crippen molar-refractivity contribution in [3.63, 3.8) is 0 Å². The summed E-state index contributed by atoms with van der Waals surface area (Å²) >= 11 is 12.6. The third kappa shape index (κ3) is 5.32. The van der Waals surface area contributed by atoms with E-state index in [1.54, 1.807) is 14.2 Å². The van der Waals surface area contributed by atoms with Gasteiger partial charge < -0.3 is 29.0 Å². The van der Waals surface area contributed by atoms with Crippen LogP contribution in [0, 0.1) is 13.8 Å². The highest BCUT2D eigenvalue weighted by molar-refractivity contribution is 7.80. The highest BCUT2D eigenvalue weighted by atomic mass is 35.5. The Morgan fingerprint density at radius 1 is 0.974 bits per heavy atom. The molecule has 0 aliphatic carbocycles. The summed E-state index contributed by atoms with van der Waals surface area (Å²) in [7, 11) is 3.31. The molecule has 4 aromatic rings. The maximum atomic E-state index is 6.66. The molecule has 0 spiro atoms. The fraction of sp³-hybridized carbons (Fsp3) is 0.267. The van der Waals surface area contributed by atoms with Crippen LogP contribution in [0.1, 0.15) is 34.7 Å². The van der Waals surface area contributed by atoms with Crippen molar-refractivity contribution in [2.75, 3.05) is 32.3 Å². The third-order valence-corrected chi connectivity index (χ3v) is 7.57. The normalized spacial score (nSPS) is 16.8. The van der Waals surface area contributed by atoms with Crippen LogP contribution in [0.25, 0.3) is 5.69 Å². The number of nitrogens with zero attached hydrogens (tertiary/aromatic N) is 3. The zero-order chi connectivity index (χ0) is 27.5. The Kier molecular flexibility index (Phi) is 8.07. The molecule has 2 atom stereocenters. The van der Waals surface area contributed by atoms with Crippen molar-refractivity contribution in [2.24, 2.45) is 0 Å². The van der Waals surface area contributed by atoms with E-state index in [-0.39, 0.29) is 12.1 Å². The van der Waals surface area contributed by atoms with Gasteiger partial charge in [-0.3, -0.25) is 4.98 Å². The number of rotatable bonds is 9. The molecule has 9 heteroatoms. The number of pyridine rings is 1. The van der Waals surface area contributed by atoms with Crippen molar-refractivity contribution in [2.45, 2.75) is 25.9 Å². The zero-order valence-corrected chi connectivity index (χ0v) is 23.9. The van der Waals surface area contributed by atoms with Crippen LogP contribution in [0.5, 0.6) is 11.5 Å². The number of benzene rings is 2. The minimum Gasteiger partial charge on any atom is -0.497 e. The molecule has 0 bridgehead atoms. The standard InChI is InChI=1S/C30H31ClN4O3S/c1-19-17-24(20(2)34(19)21-8-11-23(37-4)12-9-21)29-28(26-7-5-6-14-32-26)33-30(39)35(29)22-10-13-27(25(31)18-22)38-16-15-36-3/h5-14,17-18,28-29H,15-16H2,1-4H3,(H,33,39)/t28-,29+/m0/s1. The highest BCUT2D eigenvalue weighted by Crippen LogP contribution is 2.45. The first-order valence-corrected chi connectivity index (χ1v) is 13.5. The average molecular weight is 563 g/mol. The lowest BCUT2D eigenvalue weighted by atomic mass is 9.96. The third-order valence-electron chi connectivity index (χ3n) is 6.96. The summed E-state index contributed by atoms with van der Waals surface area (Å²) < 4.78 is 18.5. The van der Waals surface area contributed by atoms with Crippen LogP contribution in [0.2, 0.25) is 5.02 Å². The maximum absolute atomic E-state index is 6.66. The highest BCUT2D eigenvalue weighted by Gasteiger charge is 2.42. The summed E-state index contributed by atoms with van der Waals surface area (Å²) in [6, 6.07) is 21.7. The summed E-state index contributed by atoms with van der Waals surface area (Å²) in [5.41, 5.74) is 6.22. The maximum Gasteiger partial charge on any atom is 0.174 e. The van der Waals surface area contributed by atoms with Crippen LogP contribution in [0.4, 0.5) is 5.69 Å². The molecular weight excluding hydrogens is 532 g/mol. The Balaban J connectivity index is 1.59. The smallest absolute Gasteiger partial charge is 0.174 e. The summed E-state index contributed by atoms with van der Waals surface area (Å²) in [6.45, 7) is 5.16. The molecule has 2 aromatic carbocycles. The van der Waals surface area contributed by atoms with Gasteiger partial charge in [0.2, 0.25) is 0 Å². The molecule has 0 unspecified atom stereocenters. The van der Waals surface area contributed by atoms with Gasteiger partial charge in [-0.05, 0) is 92.3 Å². The molecule has 0 saturated carbocycles. The van der Waals surface area contributed by atoms with Gasteiger partial charge in [0.05, 0.1) is 36.5 Å². The number of hydrogen-bond acceptors (Lipinski definition) is 5. The molecule has 1 aliphatic rings. The lowest BCUT2D eigenvalue weighted by molar-refractivity contribution is 0.146. The van der Waals surface area contributed by atoms with Gasteiger partial charge in [-0.25, -0.2) is 0 Å². The second kappa shape index (κ2) is 11.7. The van der Waals surface area contributed by atoms with Crippen LogP contribution in [0.15, 0.2) is 72.9 Å². The van der Waals surface area contributed by atoms with Crippen molar-refractivity contribution >= 4 is 34.6 Å². The van der Waals surface area contributed by atoms with Crippen LogP contribution in [0.3, 0.4) is 0 Å². The first-order chi connectivity index (χ1) is 18.9. The van der Waals surface area contributed by atoms with Crippen molar-refractivity contribution in [3.05, 3.63) is 101 Å². The van der Waals surface area contributed by atoms with Crippen LogP contribution >= 0.6 is 23.8 Å². The molecule has 1 N–H and O–H groups in total. The summed E-state index contributed by atoms with van der Waals surface area (Å²) in [4.78, 5) is 6.81. The number of halogens is 1. The number of aryl methyl sites for hydroxylation is 1. The SMILES string of the molecule is COCCOc1ccc(N2C(=S)N[C@@H](c3ccccn3)[C@H]2c2cc(C)n(-c3ccc(OC)cc3)c2C)cc1Cl. The molecule has 202 valence electrons. The van der Waals surface area contributed by atoms with Crippen molar-refractivity contribution < 1.29 is 14.2 Å². The number of aromatic nitrogens is 2. The Morgan fingerprint density at radius 3 is 2.41 bits per heavy atom. The lowest BCUT2D eigenvalue weighted by Gasteiger charge is -2.28. The van der Waals surface area contributed by atoms with E-state index in [2.05, 4.69) is 51.8 Å². The van der Waals surface area contributed by atoms with Gasteiger partial charge in [-0.1, -0.05) is 17.7 Å². The van der Waals surface area contributed by atoms with E-state index in [1.807, 2.05) is 54.7 Å². The minimum atomic E-state index is -0.167. The molecular formula is C30H31ClN4O3S. The summed E-state index contributed by atoms with van der Waals surface area (Å²) in [6.07, 6.45) is 1.81. The second-order valence-electron chi connectivity index (χ2n) is 9.31. The molecule has 3 heterocycles. The Bertz CT molecular complexity index is 1460. The number of methoxy groups -OCH3 is 2. The summed E-state index contributed by atoms with van der Waals surface area (Å²) in [5.74, 6) is 1.42. The van der Waals surface area contributed by atoms with Crippen LogP contribution in [-0.4, -0.2) is 42.1 Å². The van der Waals surface area contributed by atoms with Gasteiger partial charge in [0.15, 0.2) is 5.11 Å². The predicted octanol–water partition coefficient (Wildman–Crippen LogP) is 6.35. The van der Waals surface area contributed by atoms with Crippen LogP contribution < -0.4 is 19.7 Å². The van der Waals surface area contributed by atoms with Gasteiger partial charge in [-0.15, -0.1) is 0 Å². The fourth-order valence-corrected chi connectivity index (χ4v) is 5.73. The monoisotopic (exact) mass is 562 g/mol.